The van der Waals surface area contributed by atoms with E-state index < -0.39 is 0 Å². The lowest BCUT2D eigenvalue weighted by Gasteiger charge is -2.11. The maximum atomic E-state index is 12.3. The number of carbonyl (C=O) groups is 1. The fourth-order valence-electron chi connectivity index (χ4n) is 3.61. The highest BCUT2D eigenvalue weighted by atomic mass is 35.5. The van der Waals surface area contributed by atoms with Crippen LogP contribution in [0.15, 0.2) is 78.0 Å². The second kappa shape index (κ2) is 12.2. The van der Waals surface area contributed by atoms with Crippen LogP contribution in [0.3, 0.4) is 0 Å². The lowest BCUT2D eigenvalue weighted by molar-refractivity contribution is -0.121. The molecule has 8 heteroatoms. The lowest BCUT2D eigenvalue weighted by Crippen LogP contribution is -2.25. The predicted octanol–water partition coefficient (Wildman–Crippen LogP) is 6.78. The van der Waals surface area contributed by atoms with Gasteiger partial charge in [0.05, 0.1) is 0 Å². The molecule has 1 heterocycles. The van der Waals surface area contributed by atoms with E-state index in [4.69, 9.17) is 23.2 Å². The van der Waals surface area contributed by atoms with Gasteiger partial charge in [-0.2, -0.15) is 0 Å². The van der Waals surface area contributed by atoms with Crippen molar-refractivity contribution in [2.75, 3.05) is 12.3 Å². The van der Waals surface area contributed by atoms with Crippen molar-refractivity contribution in [3.8, 4) is 17.1 Å². The smallest absolute Gasteiger partial charge is 0.220 e. The Morgan fingerprint density at radius 2 is 1.77 bits per heavy atom. The molecule has 1 aromatic heterocycles. The molecule has 0 aliphatic carbocycles. The summed E-state index contributed by atoms with van der Waals surface area (Å²) < 4.78 is 2.08. The van der Waals surface area contributed by atoms with Crippen LogP contribution in [0.1, 0.15) is 24.0 Å². The van der Waals surface area contributed by atoms with E-state index >= 15 is 0 Å². The average molecular weight is 526 g/mol. The molecule has 0 spiro atoms. The monoisotopic (exact) mass is 524 g/mol. The van der Waals surface area contributed by atoms with Gasteiger partial charge in [-0.25, -0.2) is 0 Å². The van der Waals surface area contributed by atoms with Gasteiger partial charge in [-0.1, -0.05) is 89.1 Å². The molecule has 4 rings (SSSR count). The minimum Gasteiger partial charge on any atom is -0.356 e. The van der Waals surface area contributed by atoms with Crippen LogP contribution in [0.5, 0.6) is 0 Å². The first kappa shape index (κ1) is 25.3. The number of halogens is 2. The fourth-order valence-corrected chi connectivity index (χ4v) is 5.00. The van der Waals surface area contributed by atoms with Crippen molar-refractivity contribution >= 4 is 40.9 Å². The number of nitrogens with one attached hydrogen (secondary N) is 1. The zero-order chi connectivity index (χ0) is 24.6. The van der Waals surface area contributed by atoms with Crippen LogP contribution in [0.4, 0.5) is 0 Å². The van der Waals surface area contributed by atoms with E-state index in [1.165, 1.54) is 5.56 Å². The number of thioether (sulfide) groups is 1. The lowest BCUT2D eigenvalue weighted by atomic mass is 10.1. The van der Waals surface area contributed by atoms with Gasteiger partial charge in [0.2, 0.25) is 5.91 Å². The summed E-state index contributed by atoms with van der Waals surface area (Å²) >= 11 is 13.7. The molecule has 5 nitrogen and oxygen atoms in total. The molecule has 1 N–H and O–H groups in total. The molecule has 4 aromatic rings. The van der Waals surface area contributed by atoms with Gasteiger partial charge in [0.25, 0.3) is 0 Å². The number of carbonyl (C=O) groups excluding carboxylic acids is 1. The number of aryl methyl sites for hydroxylation is 1. The Morgan fingerprint density at radius 1 is 1.00 bits per heavy atom. The molecule has 1 amide bonds. The molecule has 0 bridgehead atoms. The second-order valence-corrected chi connectivity index (χ2v) is 10.0. The molecule has 3 aromatic carbocycles. The molecular formula is C27H26Cl2N4OS. The van der Waals surface area contributed by atoms with E-state index in [2.05, 4.69) is 51.3 Å². The highest BCUT2D eigenvalue weighted by Crippen LogP contribution is 2.28. The van der Waals surface area contributed by atoms with Gasteiger partial charge < -0.3 is 5.32 Å². The summed E-state index contributed by atoms with van der Waals surface area (Å²) in [6, 6.07) is 23.8. The zero-order valence-corrected chi connectivity index (χ0v) is 21.7. The van der Waals surface area contributed by atoms with Crippen LogP contribution >= 0.6 is 35.0 Å². The summed E-state index contributed by atoms with van der Waals surface area (Å²) in [6.07, 6.45) is 1.85. The predicted molar refractivity (Wildman–Crippen MR) is 145 cm³/mol. The number of rotatable bonds is 10. The molecule has 0 unspecified atom stereocenters. The number of aromatic nitrogens is 3. The van der Waals surface area contributed by atoms with Gasteiger partial charge in [0.15, 0.2) is 11.0 Å². The minimum atomic E-state index is 0.0284. The third kappa shape index (κ3) is 6.88. The highest BCUT2D eigenvalue weighted by Gasteiger charge is 2.16. The van der Waals surface area contributed by atoms with E-state index in [0.29, 0.717) is 29.4 Å². The molecule has 0 saturated carbocycles. The zero-order valence-electron chi connectivity index (χ0n) is 19.4. The summed E-state index contributed by atoms with van der Waals surface area (Å²) in [6.45, 7) is 2.61. The van der Waals surface area contributed by atoms with Crippen LogP contribution in [0.2, 0.25) is 10.0 Å². The number of benzene rings is 3. The molecule has 0 aliphatic rings. The van der Waals surface area contributed by atoms with E-state index in [1.807, 2.05) is 36.4 Å². The van der Waals surface area contributed by atoms with Crippen LogP contribution in [0, 0.1) is 6.92 Å². The fraction of sp³-hybridized carbons (Fsp3) is 0.222. The molecule has 0 aliphatic heterocycles. The summed E-state index contributed by atoms with van der Waals surface area (Å²) in [4.78, 5) is 12.3. The van der Waals surface area contributed by atoms with E-state index in [1.54, 1.807) is 23.9 Å². The van der Waals surface area contributed by atoms with Crippen LogP contribution in [-0.2, 0) is 11.2 Å². The second-order valence-electron chi connectivity index (χ2n) is 8.13. The van der Waals surface area contributed by atoms with Crippen LogP contribution in [-0.4, -0.2) is 33.0 Å². The van der Waals surface area contributed by atoms with Crippen LogP contribution < -0.4 is 5.32 Å². The molecule has 35 heavy (non-hydrogen) atoms. The Balaban J connectivity index is 1.32. The van der Waals surface area contributed by atoms with Crippen molar-refractivity contribution in [3.05, 3.63) is 94.0 Å². The third-order valence-corrected chi connectivity index (χ3v) is 7.07. The van der Waals surface area contributed by atoms with Gasteiger partial charge >= 0.3 is 0 Å². The summed E-state index contributed by atoms with van der Waals surface area (Å²) in [5.41, 5.74) is 4.19. The average Bonchev–Trinajstić information content (AvgIpc) is 3.28. The minimum absolute atomic E-state index is 0.0284. The van der Waals surface area contributed by atoms with Crippen molar-refractivity contribution in [3.63, 3.8) is 0 Å². The third-order valence-electron chi connectivity index (χ3n) is 5.47. The first-order valence-electron chi connectivity index (χ1n) is 11.4. The van der Waals surface area contributed by atoms with E-state index in [0.717, 1.165) is 40.0 Å². The molecule has 0 saturated heterocycles. The number of amides is 1. The number of hydrogen-bond acceptors (Lipinski definition) is 4. The SMILES string of the molecule is Cc1ccc(-n2c(SCCCC(=O)NCCc3ccc(Cl)cc3Cl)nnc2-c2ccccc2)cc1. The number of nitrogens with zero attached hydrogens (tertiary/aromatic N) is 3. The van der Waals surface area contributed by atoms with Gasteiger partial charge in [-0.05, 0) is 49.6 Å². The standard InChI is InChI=1S/C27H26Cl2N4OS/c1-19-9-13-23(14-10-19)33-26(21-6-3-2-4-7-21)31-32-27(33)35-17-5-8-25(34)30-16-15-20-11-12-22(28)18-24(20)29/h2-4,6-7,9-14,18H,5,8,15-17H2,1H3,(H,30,34). The Labute approximate surface area is 219 Å². The van der Waals surface area contributed by atoms with Crippen LogP contribution in [0.25, 0.3) is 17.1 Å². The maximum Gasteiger partial charge on any atom is 0.220 e. The summed E-state index contributed by atoms with van der Waals surface area (Å²) in [7, 11) is 0. The van der Waals surface area contributed by atoms with Gasteiger partial charge in [-0.3, -0.25) is 9.36 Å². The topological polar surface area (TPSA) is 59.8 Å². The Hall–Kier alpha value is -2.80. The molecule has 0 radical (unpaired) electrons. The molecular weight excluding hydrogens is 499 g/mol. The number of hydrogen-bond donors (Lipinski definition) is 1. The Bertz CT molecular complexity index is 1280. The van der Waals surface area contributed by atoms with Gasteiger partial charge in [0.1, 0.15) is 0 Å². The molecule has 0 fully saturated rings. The van der Waals surface area contributed by atoms with Crippen molar-refractivity contribution in [2.45, 2.75) is 31.3 Å². The largest absolute Gasteiger partial charge is 0.356 e. The first-order chi connectivity index (χ1) is 17.0. The van der Waals surface area contributed by atoms with Crippen molar-refractivity contribution in [1.82, 2.24) is 20.1 Å². The van der Waals surface area contributed by atoms with Gasteiger partial charge in [0, 0.05) is 40.0 Å². The highest BCUT2D eigenvalue weighted by molar-refractivity contribution is 7.99. The summed E-state index contributed by atoms with van der Waals surface area (Å²) in [5, 5.41) is 13.9. The normalized spacial score (nSPS) is 10.9. The summed E-state index contributed by atoms with van der Waals surface area (Å²) in [5.74, 6) is 1.59. The Morgan fingerprint density at radius 3 is 2.51 bits per heavy atom. The quantitative estimate of drug-likeness (QED) is 0.183. The first-order valence-corrected chi connectivity index (χ1v) is 13.2. The van der Waals surface area contributed by atoms with E-state index in [-0.39, 0.29) is 5.91 Å². The van der Waals surface area contributed by atoms with Crippen molar-refractivity contribution in [2.24, 2.45) is 0 Å². The van der Waals surface area contributed by atoms with Gasteiger partial charge in [-0.15, -0.1) is 10.2 Å². The molecule has 0 atom stereocenters. The Kier molecular flexibility index (Phi) is 8.85. The van der Waals surface area contributed by atoms with Crippen molar-refractivity contribution < 1.29 is 4.79 Å². The maximum absolute atomic E-state index is 12.3. The van der Waals surface area contributed by atoms with E-state index in [9.17, 15) is 4.79 Å². The van der Waals surface area contributed by atoms with Crippen molar-refractivity contribution in [1.29, 1.82) is 0 Å². The molecule has 180 valence electrons.